The van der Waals surface area contributed by atoms with E-state index in [2.05, 4.69) is 4.98 Å². The van der Waals surface area contributed by atoms with E-state index in [0.717, 1.165) is 17.9 Å². The number of hydrogen-bond donors (Lipinski definition) is 0. The minimum absolute atomic E-state index is 0.0515. The molecule has 2 amide bonds. The number of imidazole rings is 1. The van der Waals surface area contributed by atoms with Gasteiger partial charge < -0.3 is 9.64 Å². The van der Waals surface area contributed by atoms with Crippen molar-refractivity contribution in [3.05, 3.63) is 24.0 Å². The number of aryl methyl sites for hydroxylation is 1. The number of ether oxygens (including phenoxy) is 1. The molecule has 0 aliphatic heterocycles. The van der Waals surface area contributed by atoms with Gasteiger partial charge in [-0.2, -0.15) is 0 Å². The smallest absolute Gasteiger partial charge is 0.259 e. The number of fused-ring (bicyclic) bond motifs is 1. The van der Waals surface area contributed by atoms with Crippen LogP contribution in [-0.2, 0) is 9.59 Å². The molecule has 0 atom stereocenters. The quantitative estimate of drug-likeness (QED) is 0.734. The van der Waals surface area contributed by atoms with Crippen molar-refractivity contribution < 1.29 is 14.3 Å². The Kier molecular flexibility index (Phi) is 6.21. The highest BCUT2D eigenvalue weighted by Gasteiger charge is 2.22. The third-order valence-electron chi connectivity index (χ3n) is 5.54. The summed E-state index contributed by atoms with van der Waals surface area (Å²) < 4.78 is 7.55. The highest BCUT2D eigenvalue weighted by Crippen LogP contribution is 2.30. The van der Waals surface area contributed by atoms with Crippen LogP contribution in [0.25, 0.3) is 5.65 Å². The average molecular weight is 386 g/mol. The average Bonchev–Trinajstić information content (AvgIpc) is 3.30. The molecule has 1 saturated carbocycles. The van der Waals surface area contributed by atoms with Gasteiger partial charge in [0.2, 0.25) is 5.91 Å². The van der Waals surface area contributed by atoms with Crippen LogP contribution in [0.1, 0.15) is 44.2 Å². The van der Waals surface area contributed by atoms with E-state index >= 15 is 0 Å². The summed E-state index contributed by atoms with van der Waals surface area (Å²) in [6.07, 6.45) is 8.46. The molecule has 0 spiro atoms. The second-order valence-corrected chi connectivity index (χ2v) is 7.81. The summed E-state index contributed by atoms with van der Waals surface area (Å²) in [6.45, 7) is 1.84. The number of pyridine rings is 1. The topological polar surface area (TPSA) is 67.2 Å². The van der Waals surface area contributed by atoms with Crippen LogP contribution in [0.15, 0.2) is 18.3 Å². The van der Waals surface area contributed by atoms with Crippen molar-refractivity contribution in [3.63, 3.8) is 0 Å². The van der Waals surface area contributed by atoms with Crippen molar-refractivity contribution in [1.29, 1.82) is 0 Å². The second-order valence-electron chi connectivity index (χ2n) is 7.81. The minimum Gasteiger partial charge on any atom is -0.480 e. The van der Waals surface area contributed by atoms with Crippen LogP contribution in [0.3, 0.4) is 0 Å². The standard InChI is InChI=1S/C21H30N4O3/c1-15-21(24(4)18(26)12-11-16-8-5-6-9-16)25-13-7-10-17(20(25)22-15)28-14-19(27)23(2)3/h7,10,13,16H,5-6,8-9,11-12,14H2,1-4H3. The van der Waals surface area contributed by atoms with Crippen LogP contribution in [-0.4, -0.2) is 53.8 Å². The van der Waals surface area contributed by atoms with Gasteiger partial charge in [-0.05, 0) is 31.4 Å². The van der Waals surface area contributed by atoms with Gasteiger partial charge in [-0.15, -0.1) is 0 Å². The molecule has 0 radical (unpaired) electrons. The molecule has 0 aromatic carbocycles. The fourth-order valence-corrected chi connectivity index (χ4v) is 3.84. The minimum atomic E-state index is -0.121. The fourth-order valence-electron chi connectivity index (χ4n) is 3.84. The molecule has 1 aliphatic rings. The van der Waals surface area contributed by atoms with Gasteiger partial charge in [-0.25, -0.2) is 4.98 Å². The van der Waals surface area contributed by atoms with E-state index in [-0.39, 0.29) is 18.4 Å². The first-order chi connectivity index (χ1) is 13.4. The van der Waals surface area contributed by atoms with Crippen LogP contribution in [0.2, 0.25) is 0 Å². The number of rotatable bonds is 7. The first-order valence-corrected chi connectivity index (χ1v) is 9.95. The SMILES string of the molecule is Cc1nc2c(OCC(=O)N(C)C)cccn2c1N(C)C(=O)CCC1CCCC1. The molecule has 1 fully saturated rings. The third kappa shape index (κ3) is 4.29. The molecule has 3 rings (SSSR count). The van der Waals surface area contributed by atoms with Gasteiger partial charge in [0.15, 0.2) is 18.0 Å². The summed E-state index contributed by atoms with van der Waals surface area (Å²) in [6, 6.07) is 3.63. The first kappa shape index (κ1) is 20.2. The van der Waals surface area contributed by atoms with E-state index in [1.807, 2.05) is 23.6 Å². The lowest BCUT2D eigenvalue weighted by molar-refractivity contribution is -0.130. The van der Waals surface area contributed by atoms with Gasteiger partial charge >= 0.3 is 0 Å². The maximum Gasteiger partial charge on any atom is 0.259 e. The van der Waals surface area contributed by atoms with Gasteiger partial charge in [0.05, 0.1) is 5.69 Å². The lowest BCUT2D eigenvalue weighted by atomic mass is 10.0. The molecule has 7 nitrogen and oxygen atoms in total. The van der Waals surface area contributed by atoms with E-state index in [0.29, 0.717) is 23.7 Å². The van der Waals surface area contributed by atoms with E-state index in [1.54, 1.807) is 32.1 Å². The Hall–Kier alpha value is -2.57. The van der Waals surface area contributed by atoms with E-state index in [4.69, 9.17) is 4.74 Å². The molecule has 7 heteroatoms. The van der Waals surface area contributed by atoms with Crippen LogP contribution in [0.5, 0.6) is 5.75 Å². The predicted molar refractivity (Wildman–Crippen MR) is 109 cm³/mol. The van der Waals surface area contributed by atoms with Crippen molar-refractivity contribution >= 4 is 23.3 Å². The van der Waals surface area contributed by atoms with Crippen LogP contribution < -0.4 is 9.64 Å². The zero-order valence-corrected chi connectivity index (χ0v) is 17.3. The maximum atomic E-state index is 12.8. The van der Waals surface area contributed by atoms with Crippen molar-refractivity contribution in [2.24, 2.45) is 5.92 Å². The molecular weight excluding hydrogens is 356 g/mol. The Morgan fingerprint density at radius 1 is 1.21 bits per heavy atom. The monoisotopic (exact) mass is 386 g/mol. The van der Waals surface area contributed by atoms with Crippen molar-refractivity contribution in [2.75, 3.05) is 32.6 Å². The molecule has 0 saturated heterocycles. The molecule has 1 aliphatic carbocycles. The zero-order chi connectivity index (χ0) is 20.3. The fraction of sp³-hybridized carbons (Fsp3) is 0.571. The van der Waals surface area contributed by atoms with Gasteiger partial charge in [-0.3, -0.25) is 18.9 Å². The summed E-state index contributed by atoms with van der Waals surface area (Å²) >= 11 is 0. The molecule has 2 aromatic heterocycles. The lowest BCUT2D eigenvalue weighted by Crippen LogP contribution is -2.28. The molecule has 0 unspecified atom stereocenters. The normalized spacial score (nSPS) is 14.4. The number of amides is 2. The number of aromatic nitrogens is 2. The first-order valence-electron chi connectivity index (χ1n) is 9.95. The van der Waals surface area contributed by atoms with Crippen LogP contribution in [0, 0.1) is 12.8 Å². The van der Waals surface area contributed by atoms with Crippen LogP contribution >= 0.6 is 0 Å². The van der Waals surface area contributed by atoms with E-state index < -0.39 is 0 Å². The van der Waals surface area contributed by atoms with E-state index in [1.165, 1.54) is 30.6 Å². The highest BCUT2D eigenvalue weighted by molar-refractivity contribution is 5.93. The summed E-state index contributed by atoms with van der Waals surface area (Å²) in [4.78, 5) is 32.4. The molecule has 0 bridgehead atoms. The van der Waals surface area contributed by atoms with E-state index in [9.17, 15) is 9.59 Å². The van der Waals surface area contributed by atoms with Crippen molar-refractivity contribution in [2.45, 2.75) is 45.4 Å². The molecule has 2 aromatic rings. The third-order valence-corrected chi connectivity index (χ3v) is 5.54. The second kappa shape index (κ2) is 8.63. The predicted octanol–water partition coefficient (Wildman–Crippen LogP) is 3.04. The summed E-state index contributed by atoms with van der Waals surface area (Å²) in [5.74, 6) is 1.94. The van der Waals surface area contributed by atoms with Crippen molar-refractivity contribution in [3.8, 4) is 5.75 Å². The highest BCUT2D eigenvalue weighted by atomic mass is 16.5. The Labute approximate surface area is 166 Å². The number of nitrogens with zero attached hydrogens (tertiary/aromatic N) is 4. The molecule has 28 heavy (non-hydrogen) atoms. The Morgan fingerprint density at radius 2 is 1.93 bits per heavy atom. The number of likely N-dealkylation sites (N-methyl/N-ethyl adjacent to an activating group) is 1. The van der Waals surface area contributed by atoms with Crippen LogP contribution in [0.4, 0.5) is 5.82 Å². The summed E-state index contributed by atoms with van der Waals surface area (Å²) in [5.41, 5.74) is 1.36. The summed E-state index contributed by atoms with van der Waals surface area (Å²) in [5, 5.41) is 0. The lowest BCUT2D eigenvalue weighted by Gasteiger charge is -2.19. The Morgan fingerprint density at radius 3 is 2.61 bits per heavy atom. The number of carbonyl (C=O) groups excluding carboxylic acids is 2. The number of hydrogen-bond acceptors (Lipinski definition) is 4. The molecule has 2 heterocycles. The summed E-state index contributed by atoms with van der Waals surface area (Å²) in [7, 11) is 5.18. The van der Waals surface area contributed by atoms with Gasteiger partial charge in [0.25, 0.3) is 5.91 Å². The van der Waals surface area contributed by atoms with Crippen molar-refractivity contribution in [1.82, 2.24) is 14.3 Å². The number of carbonyl (C=O) groups is 2. The largest absolute Gasteiger partial charge is 0.480 e. The molecular formula is C21H30N4O3. The maximum absolute atomic E-state index is 12.8. The molecule has 0 N–H and O–H groups in total. The van der Waals surface area contributed by atoms with Gasteiger partial charge in [-0.1, -0.05) is 25.7 Å². The van der Waals surface area contributed by atoms with Gasteiger partial charge in [0, 0.05) is 33.8 Å². The molecule has 152 valence electrons. The number of anilines is 1. The zero-order valence-electron chi connectivity index (χ0n) is 17.3. The Bertz CT molecular complexity index is 853. The Balaban J connectivity index is 1.77. The van der Waals surface area contributed by atoms with Gasteiger partial charge in [0.1, 0.15) is 5.82 Å².